The van der Waals surface area contributed by atoms with Crippen molar-refractivity contribution < 1.29 is 20.1 Å². The van der Waals surface area contributed by atoms with E-state index in [0.29, 0.717) is 17.0 Å². The lowest BCUT2D eigenvalue weighted by Crippen LogP contribution is -2.33. The number of aromatic nitrogens is 4. The molecule has 0 radical (unpaired) electrons. The zero-order valence-electron chi connectivity index (χ0n) is 12.0. The number of hydrogen-bond donors (Lipinski definition) is 3. The molecular weight excluding hydrogens is 314 g/mol. The van der Waals surface area contributed by atoms with Crippen LogP contribution in [0.4, 0.5) is 5.82 Å². The molecule has 1 fully saturated rings. The second kappa shape index (κ2) is 5.60. The Morgan fingerprint density at radius 3 is 2.64 bits per heavy atom. The Morgan fingerprint density at radius 2 is 2.05 bits per heavy atom. The summed E-state index contributed by atoms with van der Waals surface area (Å²) in [5.74, 6) is 0.567. The Hall–Kier alpha value is -1.52. The Labute approximate surface area is 130 Å². The highest BCUT2D eigenvalue weighted by atomic mass is 35.5. The number of rotatable bonds is 3. The maximum atomic E-state index is 10.1. The minimum absolute atomic E-state index is 0.0495. The lowest BCUT2D eigenvalue weighted by Gasteiger charge is -2.17. The van der Waals surface area contributed by atoms with Crippen LogP contribution in [0.5, 0.6) is 0 Å². The van der Waals surface area contributed by atoms with E-state index >= 15 is 0 Å². The quantitative estimate of drug-likeness (QED) is 0.624. The third-order valence-electron chi connectivity index (χ3n) is 3.61. The van der Waals surface area contributed by atoms with E-state index in [-0.39, 0.29) is 5.28 Å². The summed E-state index contributed by atoms with van der Waals surface area (Å²) in [6.45, 7) is -0.420. The van der Waals surface area contributed by atoms with Crippen molar-refractivity contribution in [1.29, 1.82) is 0 Å². The van der Waals surface area contributed by atoms with Crippen LogP contribution in [0.25, 0.3) is 11.2 Å². The molecule has 0 saturated carbocycles. The van der Waals surface area contributed by atoms with Crippen LogP contribution < -0.4 is 4.90 Å². The molecule has 1 aliphatic heterocycles. The van der Waals surface area contributed by atoms with Gasteiger partial charge in [-0.1, -0.05) is 0 Å². The first-order valence-electron chi connectivity index (χ1n) is 6.64. The second-order valence-electron chi connectivity index (χ2n) is 5.24. The van der Waals surface area contributed by atoms with Crippen LogP contribution in [0.3, 0.4) is 0 Å². The first-order chi connectivity index (χ1) is 10.5. The summed E-state index contributed by atoms with van der Waals surface area (Å²) in [5.41, 5.74) is 0.828. The number of aliphatic hydroxyl groups is 3. The molecule has 4 atom stereocenters. The minimum Gasteiger partial charge on any atom is -0.394 e. The van der Waals surface area contributed by atoms with Crippen molar-refractivity contribution in [3.63, 3.8) is 0 Å². The summed E-state index contributed by atoms with van der Waals surface area (Å²) in [6, 6.07) is 0. The predicted molar refractivity (Wildman–Crippen MR) is 77.7 cm³/mol. The molecule has 0 amide bonds. The number of aliphatic hydroxyl groups excluding tert-OH is 3. The molecule has 1 aliphatic rings. The molecular formula is C12H16ClN5O4. The molecule has 2 aromatic heterocycles. The zero-order chi connectivity index (χ0) is 16.0. The van der Waals surface area contributed by atoms with Crippen molar-refractivity contribution in [1.82, 2.24) is 19.5 Å². The number of hydrogen-bond acceptors (Lipinski definition) is 8. The van der Waals surface area contributed by atoms with Crippen LogP contribution in [0.1, 0.15) is 6.23 Å². The first-order valence-corrected chi connectivity index (χ1v) is 7.01. The molecule has 2 aromatic rings. The van der Waals surface area contributed by atoms with Crippen LogP contribution in [0.15, 0.2) is 6.33 Å². The fourth-order valence-electron chi connectivity index (χ4n) is 2.52. The molecule has 0 aliphatic carbocycles. The SMILES string of the molecule is CN(C)c1ncnc2c1nc(Cl)n2[C@@H]1O[C@H](CO)[C@@H](O)[C@H]1O. The highest BCUT2D eigenvalue weighted by molar-refractivity contribution is 6.29. The molecule has 120 valence electrons. The molecule has 3 rings (SSSR count). The first kappa shape index (κ1) is 15.4. The molecule has 0 aromatic carbocycles. The Balaban J connectivity index is 2.12. The second-order valence-corrected chi connectivity index (χ2v) is 5.58. The third kappa shape index (κ3) is 2.22. The van der Waals surface area contributed by atoms with Crippen molar-refractivity contribution in [2.45, 2.75) is 24.5 Å². The van der Waals surface area contributed by atoms with Gasteiger partial charge in [-0.25, -0.2) is 15.0 Å². The van der Waals surface area contributed by atoms with Gasteiger partial charge >= 0.3 is 0 Å². The zero-order valence-corrected chi connectivity index (χ0v) is 12.7. The maximum absolute atomic E-state index is 10.1. The van der Waals surface area contributed by atoms with E-state index in [1.165, 1.54) is 10.9 Å². The van der Waals surface area contributed by atoms with Gasteiger partial charge in [0.2, 0.25) is 5.28 Å². The van der Waals surface area contributed by atoms with Crippen LogP contribution in [0.2, 0.25) is 5.28 Å². The van der Waals surface area contributed by atoms with Crippen LogP contribution in [-0.4, -0.2) is 73.9 Å². The number of anilines is 1. The van der Waals surface area contributed by atoms with Crippen molar-refractivity contribution in [2.75, 3.05) is 25.6 Å². The van der Waals surface area contributed by atoms with Gasteiger partial charge in [-0.15, -0.1) is 0 Å². The smallest absolute Gasteiger partial charge is 0.207 e. The van der Waals surface area contributed by atoms with E-state index in [1.54, 1.807) is 19.0 Å². The molecule has 9 nitrogen and oxygen atoms in total. The topological polar surface area (TPSA) is 117 Å². The summed E-state index contributed by atoms with van der Waals surface area (Å²) >= 11 is 6.16. The molecule has 22 heavy (non-hydrogen) atoms. The van der Waals surface area contributed by atoms with Gasteiger partial charge in [0, 0.05) is 14.1 Å². The van der Waals surface area contributed by atoms with E-state index in [2.05, 4.69) is 15.0 Å². The van der Waals surface area contributed by atoms with Gasteiger partial charge in [-0.2, -0.15) is 0 Å². The number of fused-ring (bicyclic) bond motifs is 1. The third-order valence-corrected chi connectivity index (χ3v) is 3.88. The molecule has 0 bridgehead atoms. The van der Waals surface area contributed by atoms with Gasteiger partial charge in [-0.05, 0) is 11.6 Å². The van der Waals surface area contributed by atoms with Gasteiger partial charge in [0.25, 0.3) is 0 Å². The fraction of sp³-hybridized carbons (Fsp3) is 0.583. The highest BCUT2D eigenvalue weighted by Crippen LogP contribution is 2.35. The highest BCUT2D eigenvalue weighted by Gasteiger charge is 2.44. The van der Waals surface area contributed by atoms with Crippen molar-refractivity contribution in [3.05, 3.63) is 11.6 Å². The van der Waals surface area contributed by atoms with E-state index < -0.39 is 31.1 Å². The monoisotopic (exact) mass is 329 g/mol. The average Bonchev–Trinajstić information content (AvgIpc) is 2.96. The normalized spacial score (nSPS) is 28.5. The maximum Gasteiger partial charge on any atom is 0.207 e. The van der Waals surface area contributed by atoms with Gasteiger partial charge < -0.3 is 25.0 Å². The van der Waals surface area contributed by atoms with E-state index in [4.69, 9.17) is 16.3 Å². The molecule has 0 spiro atoms. The molecule has 0 unspecified atom stereocenters. The van der Waals surface area contributed by atoms with Gasteiger partial charge in [-0.3, -0.25) is 4.57 Å². The van der Waals surface area contributed by atoms with E-state index in [0.717, 1.165) is 0 Å². The minimum atomic E-state index is -1.26. The standard InChI is InChI=1S/C12H16ClN5O4/c1-17(2)9-6-10(15-4-14-9)18(12(13)16-6)11-8(21)7(20)5(3-19)22-11/h4-5,7-8,11,19-21H,3H2,1-2H3/t5-,7-,8-,11-/m1/s1. The van der Waals surface area contributed by atoms with E-state index in [1.807, 2.05) is 0 Å². The Kier molecular flexibility index (Phi) is 3.91. The van der Waals surface area contributed by atoms with Crippen LogP contribution >= 0.6 is 11.6 Å². The lowest BCUT2D eigenvalue weighted by atomic mass is 10.1. The fourth-order valence-corrected chi connectivity index (χ4v) is 2.78. The molecule has 1 saturated heterocycles. The van der Waals surface area contributed by atoms with Crippen molar-refractivity contribution in [2.24, 2.45) is 0 Å². The number of ether oxygens (including phenoxy) is 1. The molecule has 10 heteroatoms. The van der Waals surface area contributed by atoms with Crippen LogP contribution in [-0.2, 0) is 4.74 Å². The number of halogens is 1. The summed E-state index contributed by atoms with van der Waals surface area (Å²) in [5, 5.41) is 29.3. The predicted octanol–water partition coefficient (Wildman–Crippen LogP) is -0.843. The largest absolute Gasteiger partial charge is 0.394 e. The van der Waals surface area contributed by atoms with Gasteiger partial charge in [0.1, 0.15) is 24.6 Å². The van der Waals surface area contributed by atoms with E-state index in [9.17, 15) is 15.3 Å². The summed E-state index contributed by atoms with van der Waals surface area (Å²) in [7, 11) is 3.61. The lowest BCUT2D eigenvalue weighted by molar-refractivity contribution is -0.0509. The van der Waals surface area contributed by atoms with Crippen LogP contribution in [0, 0.1) is 0 Å². The Morgan fingerprint density at radius 1 is 1.32 bits per heavy atom. The number of imidazole rings is 1. The number of nitrogens with zero attached hydrogens (tertiary/aromatic N) is 5. The molecule has 3 N–H and O–H groups in total. The van der Waals surface area contributed by atoms with Gasteiger partial charge in [0.05, 0.1) is 6.61 Å². The summed E-state index contributed by atoms with van der Waals surface area (Å²) < 4.78 is 6.87. The summed E-state index contributed by atoms with van der Waals surface area (Å²) in [4.78, 5) is 14.3. The Bertz CT molecular complexity index is 693. The summed E-state index contributed by atoms with van der Waals surface area (Å²) in [6.07, 6.45) is -3.02. The molecule has 3 heterocycles. The van der Waals surface area contributed by atoms with Gasteiger partial charge in [0.15, 0.2) is 23.2 Å². The van der Waals surface area contributed by atoms with Crippen molar-refractivity contribution >= 4 is 28.6 Å². The van der Waals surface area contributed by atoms with Crippen molar-refractivity contribution in [3.8, 4) is 0 Å². The average molecular weight is 330 g/mol.